The summed E-state index contributed by atoms with van der Waals surface area (Å²) in [6, 6.07) is 8.76. The van der Waals surface area contributed by atoms with Crippen LogP contribution in [0.25, 0.3) is 0 Å². The third-order valence-corrected chi connectivity index (χ3v) is 4.78. The van der Waals surface area contributed by atoms with Crippen LogP contribution in [-0.4, -0.2) is 30.6 Å². The average molecular weight is 308 g/mol. The van der Waals surface area contributed by atoms with Crippen molar-refractivity contribution in [2.45, 2.75) is 25.0 Å². The van der Waals surface area contributed by atoms with Crippen LogP contribution >= 0.6 is 0 Å². The van der Waals surface area contributed by atoms with Gasteiger partial charge in [0.1, 0.15) is 5.25 Å². The van der Waals surface area contributed by atoms with Gasteiger partial charge in [0.2, 0.25) is 5.89 Å². The molecule has 1 aromatic carbocycles. The van der Waals surface area contributed by atoms with Crippen LogP contribution in [0, 0.1) is 0 Å². The Hall–Kier alpha value is -2.02. The summed E-state index contributed by atoms with van der Waals surface area (Å²) in [7, 11) is -3.31. The van der Waals surface area contributed by atoms with Crippen molar-refractivity contribution in [3.63, 3.8) is 0 Å². The van der Waals surface area contributed by atoms with Gasteiger partial charge in [-0.3, -0.25) is 4.79 Å². The van der Waals surface area contributed by atoms with Crippen LogP contribution < -0.4 is 0 Å². The van der Waals surface area contributed by atoms with E-state index in [1.807, 2.05) is 6.07 Å². The number of hydrogen-bond acceptors (Lipinski definition) is 6. The Morgan fingerprint density at radius 3 is 2.38 bits per heavy atom. The van der Waals surface area contributed by atoms with Gasteiger partial charge in [0.05, 0.1) is 5.92 Å². The molecule has 1 aromatic heterocycles. The quantitative estimate of drug-likeness (QED) is 0.786. The number of Topliss-reactive ketones (excluding diaryl/α,β-unsaturated/α-hetero) is 1. The second kappa shape index (κ2) is 5.77. The summed E-state index contributed by atoms with van der Waals surface area (Å²) in [5, 5.41) is 2.80. The number of rotatable bonds is 5. The molecular weight excluding hydrogens is 292 g/mol. The molecule has 21 heavy (non-hydrogen) atoms. The summed E-state index contributed by atoms with van der Waals surface area (Å²) in [4.78, 5) is 16.3. The first-order valence-corrected chi connectivity index (χ1v) is 8.37. The number of carbonyl (C=O) groups excluding carboxylic acids is 1. The number of nitrogens with zero attached hydrogens (tertiary/aromatic N) is 2. The van der Waals surface area contributed by atoms with Crippen LogP contribution in [0.1, 0.15) is 47.1 Å². The van der Waals surface area contributed by atoms with E-state index in [2.05, 4.69) is 10.1 Å². The lowest BCUT2D eigenvalue weighted by Crippen LogP contribution is -2.11. The van der Waals surface area contributed by atoms with Crippen LogP contribution in [0.3, 0.4) is 0 Å². The lowest BCUT2D eigenvalue weighted by atomic mass is 9.99. The van der Waals surface area contributed by atoms with Gasteiger partial charge in [0.25, 0.3) is 0 Å². The molecule has 0 aliphatic carbocycles. The van der Waals surface area contributed by atoms with Crippen LogP contribution in [0.2, 0.25) is 0 Å². The van der Waals surface area contributed by atoms with Crippen LogP contribution in [0.5, 0.6) is 0 Å². The molecule has 1 heterocycles. The Kier molecular flexibility index (Phi) is 4.22. The molecular formula is C14H16N2O4S. The van der Waals surface area contributed by atoms with Gasteiger partial charge in [-0.05, 0) is 13.8 Å². The minimum atomic E-state index is -3.31. The standard InChI is InChI=1S/C14H16N2O4S/c1-9(12(17)11-7-5-4-6-8-11)14-15-13(16-20-14)10(2)21(3,18)19/h4-10H,1-3H3. The predicted octanol–water partition coefficient (Wildman–Crippen LogP) is 2.16. The molecule has 6 nitrogen and oxygen atoms in total. The third kappa shape index (κ3) is 3.36. The maximum absolute atomic E-state index is 12.3. The van der Waals surface area contributed by atoms with Crippen molar-refractivity contribution >= 4 is 15.6 Å². The summed E-state index contributed by atoms with van der Waals surface area (Å²) in [6.07, 6.45) is 1.10. The molecule has 2 rings (SSSR count). The molecule has 7 heteroatoms. The lowest BCUT2D eigenvalue weighted by Gasteiger charge is -2.05. The van der Waals surface area contributed by atoms with Crippen LogP contribution in [0.15, 0.2) is 34.9 Å². The highest BCUT2D eigenvalue weighted by Crippen LogP contribution is 2.23. The topological polar surface area (TPSA) is 90.1 Å². The lowest BCUT2D eigenvalue weighted by molar-refractivity contribution is 0.0951. The molecule has 2 atom stereocenters. The summed E-state index contributed by atoms with van der Waals surface area (Å²) >= 11 is 0. The number of sulfone groups is 1. The van der Waals surface area contributed by atoms with Gasteiger partial charge in [-0.1, -0.05) is 35.5 Å². The first kappa shape index (κ1) is 15.4. The molecule has 112 valence electrons. The first-order valence-electron chi connectivity index (χ1n) is 6.42. The fourth-order valence-electron chi connectivity index (χ4n) is 1.74. The molecule has 0 amide bonds. The highest BCUT2D eigenvalue weighted by atomic mass is 32.2. The Morgan fingerprint density at radius 1 is 1.19 bits per heavy atom. The Labute approximate surface area is 123 Å². The number of benzene rings is 1. The molecule has 0 aliphatic rings. The Balaban J connectivity index is 2.24. The van der Waals surface area contributed by atoms with Gasteiger partial charge < -0.3 is 4.52 Å². The first-order chi connectivity index (χ1) is 9.80. The van der Waals surface area contributed by atoms with Gasteiger partial charge >= 0.3 is 0 Å². The monoisotopic (exact) mass is 308 g/mol. The average Bonchev–Trinajstić information content (AvgIpc) is 2.94. The molecule has 0 saturated heterocycles. The molecule has 0 saturated carbocycles. The van der Waals surface area contributed by atoms with E-state index in [0.717, 1.165) is 6.26 Å². The van der Waals surface area contributed by atoms with E-state index in [1.165, 1.54) is 6.92 Å². The largest absolute Gasteiger partial charge is 0.339 e. The second-order valence-corrected chi connectivity index (χ2v) is 7.28. The molecule has 0 radical (unpaired) electrons. The Morgan fingerprint density at radius 2 is 1.81 bits per heavy atom. The van der Waals surface area contributed by atoms with Gasteiger partial charge in [-0.15, -0.1) is 0 Å². The molecule has 0 spiro atoms. The van der Waals surface area contributed by atoms with Crippen molar-refractivity contribution in [3.8, 4) is 0 Å². The number of hydrogen-bond donors (Lipinski definition) is 0. The molecule has 0 bridgehead atoms. The summed E-state index contributed by atoms with van der Waals surface area (Å²) < 4.78 is 28.0. The van der Waals surface area contributed by atoms with Crippen molar-refractivity contribution in [3.05, 3.63) is 47.6 Å². The van der Waals surface area contributed by atoms with Crippen LogP contribution in [0.4, 0.5) is 0 Å². The highest BCUT2D eigenvalue weighted by molar-refractivity contribution is 7.90. The fourth-order valence-corrected chi connectivity index (χ4v) is 2.22. The predicted molar refractivity (Wildman–Crippen MR) is 76.7 cm³/mol. The van der Waals surface area contributed by atoms with E-state index in [9.17, 15) is 13.2 Å². The number of ketones is 1. The molecule has 0 aliphatic heterocycles. The zero-order chi connectivity index (χ0) is 15.6. The normalized spacial score (nSPS) is 14.6. The van der Waals surface area contributed by atoms with Gasteiger partial charge in [-0.2, -0.15) is 4.98 Å². The third-order valence-electron chi connectivity index (χ3n) is 3.29. The SMILES string of the molecule is CC(C(=O)c1ccccc1)c1nc(C(C)S(C)(=O)=O)no1. The van der Waals surface area contributed by atoms with E-state index in [4.69, 9.17) is 4.52 Å². The van der Waals surface area contributed by atoms with Crippen molar-refractivity contribution in [2.75, 3.05) is 6.26 Å². The van der Waals surface area contributed by atoms with E-state index in [-0.39, 0.29) is 17.5 Å². The molecule has 2 unspecified atom stereocenters. The van der Waals surface area contributed by atoms with E-state index >= 15 is 0 Å². The molecule has 0 N–H and O–H groups in total. The van der Waals surface area contributed by atoms with E-state index < -0.39 is 21.0 Å². The van der Waals surface area contributed by atoms with Gasteiger partial charge in [0.15, 0.2) is 21.4 Å². The van der Waals surface area contributed by atoms with Crippen molar-refractivity contribution in [2.24, 2.45) is 0 Å². The maximum Gasteiger partial charge on any atom is 0.237 e. The number of aromatic nitrogens is 2. The Bertz CT molecular complexity index is 737. The van der Waals surface area contributed by atoms with Crippen molar-refractivity contribution < 1.29 is 17.7 Å². The minimum Gasteiger partial charge on any atom is -0.339 e. The van der Waals surface area contributed by atoms with Crippen molar-refractivity contribution in [1.82, 2.24) is 10.1 Å². The highest BCUT2D eigenvalue weighted by Gasteiger charge is 2.27. The summed E-state index contributed by atoms with van der Waals surface area (Å²) in [5.74, 6) is -0.590. The minimum absolute atomic E-state index is 0.0696. The smallest absolute Gasteiger partial charge is 0.237 e. The molecule has 2 aromatic rings. The van der Waals surface area contributed by atoms with E-state index in [0.29, 0.717) is 5.56 Å². The number of carbonyl (C=O) groups is 1. The zero-order valence-electron chi connectivity index (χ0n) is 12.0. The molecule has 0 fully saturated rings. The van der Waals surface area contributed by atoms with Gasteiger partial charge in [0, 0.05) is 11.8 Å². The maximum atomic E-state index is 12.3. The zero-order valence-corrected chi connectivity index (χ0v) is 12.8. The van der Waals surface area contributed by atoms with Crippen LogP contribution in [-0.2, 0) is 9.84 Å². The van der Waals surface area contributed by atoms with Gasteiger partial charge in [-0.25, -0.2) is 8.42 Å². The van der Waals surface area contributed by atoms with Crippen molar-refractivity contribution in [1.29, 1.82) is 0 Å². The van der Waals surface area contributed by atoms with E-state index in [1.54, 1.807) is 31.2 Å². The second-order valence-electron chi connectivity index (χ2n) is 4.91. The summed E-state index contributed by atoms with van der Waals surface area (Å²) in [6.45, 7) is 3.13. The summed E-state index contributed by atoms with van der Waals surface area (Å²) in [5.41, 5.74) is 0.543. The fraction of sp³-hybridized carbons (Fsp3) is 0.357.